The minimum absolute atomic E-state index is 0. The Kier molecular flexibility index (Phi) is 28.9. The highest BCUT2D eigenvalue weighted by Crippen LogP contribution is 2.15. The van der Waals surface area contributed by atoms with Crippen molar-refractivity contribution in [1.82, 2.24) is 0 Å². The van der Waals surface area contributed by atoms with Crippen molar-refractivity contribution in [1.29, 1.82) is 0 Å². The summed E-state index contributed by atoms with van der Waals surface area (Å²) in [6, 6.07) is 0. The highest BCUT2D eigenvalue weighted by molar-refractivity contribution is 9.09. The normalized spacial score (nSPS) is 11.6. The van der Waals surface area contributed by atoms with E-state index in [1.807, 2.05) is 0 Å². The first-order valence-electron chi connectivity index (χ1n) is 13.6. The minimum Gasteiger partial charge on any atom is -1.00 e. The third-order valence-corrected chi connectivity index (χ3v) is 7.08. The summed E-state index contributed by atoms with van der Waals surface area (Å²) in [5.74, 6) is 0. The first kappa shape index (κ1) is 33.1. The smallest absolute Gasteiger partial charge is 0.0883 e. The zero-order valence-electron chi connectivity index (χ0n) is 21.2. The second kappa shape index (κ2) is 26.2. The van der Waals surface area contributed by atoms with Crippen LogP contribution in [-0.2, 0) is 0 Å². The second-order valence-electron chi connectivity index (χ2n) is 9.84. The van der Waals surface area contributed by atoms with Crippen molar-refractivity contribution >= 4 is 15.9 Å². The van der Waals surface area contributed by atoms with E-state index in [2.05, 4.69) is 36.8 Å². The van der Waals surface area contributed by atoms with E-state index < -0.39 is 0 Å². The molecule has 0 aromatic rings. The largest absolute Gasteiger partial charge is 1.00 e. The molecule has 0 radical (unpaired) electrons. The Hall–Kier alpha value is 0.920. The van der Waals surface area contributed by atoms with Gasteiger partial charge in [-0.25, -0.2) is 0 Å². The van der Waals surface area contributed by atoms with E-state index in [0.29, 0.717) is 0 Å². The monoisotopic (exact) mass is 553 g/mol. The molecule has 0 saturated heterocycles. The van der Waals surface area contributed by atoms with E-state index in [9.17, 15) is 0 Å². The van der Waals surface area contributed by atoms with Crippen LogP contribution >= 0.6 is 15.9 Å². The van der Waals surface area contributed by atoms with Gasteiger partial charge in [0.05, 0.1) is 32.0 Å². The van der Waals surface area contributed by atoms with Gasteiger partial charge in [0.1, 0.15) is 0 Å². The summed E-state index contributed by atoms with van der Waals surface area (Å²) in [4.78, 5) is 0. The molecule has 0 bridgehead atoms. The van der Waals surface area contributed by atoms with Gasteiger partial charge in [-0.05, 0) is 25.7 Å². The number of hydrogen-bond acceptors (Lipinski definition) is 0. The van der Waals surface area contributed by atoms with Gasteiger partial charge in [0.15, 0.2) is 0 Å². The molecule has 0 aliphatic carbocycles. The van der Waals surface area contributed by atoms with Crippen LogP contribution in [0.3, 0.4) is 0 Å². The van der Waals surface area contributed by atoms with Gasteiger partial charge >= 0.3 is 0 Å². The number of alkyl halides is 1. The van der Waals surface area contributed by atoms with Gasteiger partial charge in [-0.2, -0.15) is 0 Å². The van der Waals surface area contributed by atoms with Crippen LogP contribution in [0.15, 0.2) is 0 Å². The van der Waals surface area contributed by atoms with Gasteiger partial charge in [0, 0.05) is 0 Å². The molecular formula is C27H57Br2N. The molecule has 0 rings (SSSR count). The van der Waals surface area contributed by atoms with Crippen molar-refractivity contribution in [3.63, 3.8) is 0 Å². The molecule has 0 N–H and O–H groups in total. The van der Waals surface area contributed by atoms with Gasteiger partial charge < -0.3 is 21.5 Å². The summed E-state index contributed by atoms with van der Waals surface area (Å²) in [5, 5.41) is 1.15. The topological polar surface area (TPSA) is 0 Å². The Morgan fingerprint density at radius 2 is 0.700 bits per heavy atom. The van der Waals surface area contributed by atoms with Crippen LogP contribution in [0.2, 0.25) is 0 Å². The standard InChI is InChI=1S/C27H57BrN.BrH/c1-4-6-8-10-12-14-16-18-20-22-25-29(3,27-24-28)26-23-21-19-17-15-13-11-9-7-5-2;/h4-27H2,1-3H3;1H/q+1;/p-1. The fourth-order valence-electron chi connectivity index (χ4n) is 4.50. The lowest BCUT2D eigenvalue weighted by Gasteiger charge is -2.34. The van der Waals surface area contributed by atoms with E-state index in [-0.39, 0.29) is 17.0 Å². The molecule has 0 atom stereocenters. The molecule has 0 aromatic carbocycles. The molecule has 0 aliphatic rings. The molecule has 1 nitrogen and oxygen atoms in total. The number of nitrogens with zero attached hydrogens (tertiary/aromatic N) is 1. The molecule has 0 amide bonds. The van der Waals surface area contributed by atoms with Crippen LogP contribution in [0.25, 0.3) is 0 Å². The Morgan fingerprint density at radius 3 is 0.967 bits per heavy atom. The molecule has 0 saturated carbocycles. The fourth-order valence-corrected chi connectivity index (χ4v) is 5.36. The molecule has 0 aliphatic heterocycles. The highest BCUT2D eigenvalue weighted by Gasteiger charge is 2.19. The number of hydrogen-bond donors (Lipinski definition) is 0. The van der Waals surface area contributed by atoms with Gasteiger partial charge in [-0.3, -0.25) is 0 Å². The molecule has 184 valence electrons. The van der Waals surface area contributed by atoms with Gasteiger partial charge in [-0.15, -0.1) is 0 Å². The van der Waals surface area contributed by atoms with Gasteiger partial charge in [0.2, 0.25) is 0 Å². The predicted octanol–water partition coefficient (Wildman–Crippen LogP) is 6.67. The molecule has 30 heavy (non-hydrogen) atoms. The van der Waals surface area contributed by atoms with Crippen LogP contribution in [0.5, 0.6) is 0 Å². The van der Waals surface area contributed by atoms with Crippen molar-refractivity contribution < 1.29 is 21.5 Å². The maximum absolute atomic E-state index is 3.71. The summed E-state index contributed by atoms with van der Waals surface area (Å²) in [6.07, 6.45) is 28.9. The number of halogens is 2. The third-order valence-electron chi connectivity index (χ3n) is 6.73. The van der Waals surface area contributed by atoms with E-state index in [1.54, 1.807) is 0 Å². The third kappa shape index (κ3) is 23.6. The summed E-state index contributed by atoms with van der Waals surface area (Å²) >= 11 is 3.71. The van der Waals surface area contributed by atoms with Crippen molar-refractivity contribution in [2.45, 2.75) is 142 Å². The molecule has 0 spiro atoms. The molecule has 0 heterocycles. The zero-order chi connectivity index (χ0) is 21.5. The van der Waals surface area contributed by atoms with Crippen LogP contribution in [-0.4, -0.2) is 36.5 Å². The van der Waals surface area contributed by atoms with Crippen LogP contribution in [0, 0.1) is 0 Å². The average molecular weight is 556 g/mol. The van der Waals surface area contributed by atoms with E-state index in [0.717, 1.165) is 5.33 Å². The van der Waals surface area contributed by atoms with E-state index >= 15 is 0 Å². The van der Waals surface area contributed by atoms with Gasteiger partial charge in [0.25, 0.3) is 0 Å². The van der Waals surface area contributed by atoms with Crippen molar-refractivity contribution in [3.05, 3.63) is 0 Å². The molecule has 0 unspecified atom stereocenters. The average Bonchev–Trinajstić information content (AvgIpc) is 2.71. The lowest BCUT2D eigenvalue weighted by Crippen LogP contribution is -3.00. The molecule has 0 fully saturated rings. The second-order valence-corrected chi connectivity index (χ2v) is 10.6. The van der Waals surface area contributed by atoms with E-state index in [4.69, 9.17) is 0 Å². The predicted molar refractivity (Wildman–Crippen MR) is 138 cm³/mol. The SMILES string of the molecule is CCCCCCCCCCCC[N+](C)(CCBr)CCCCCCCCCCCC.[Br-]. The lowest BCUT2D eigenvalue weighted by atomic mass is 10.1. The van der Waals surface area contributed by atoms with Crippen LogP contribution < -0.4 is 17.0 Å². The number of unbranched alkanes of at least 4 members (excludes halogenated alkanes) is 18. The van der Waals surface area contributed by atoms with Crippen molar-refractivity contribution in [3.8, 4) is 0 Å². The molecular weight excluding hydrogens is 498 g/mol. The highest BCUT2D eigenvalue weighted by atomic mass is 79.9. The van der Waals surface area contributed by atoms with Crippen LogP contribution in [0.1, 0.15) is 142 Å². The Balaban J connectivity index is 0. The summed E-state index contributed by atoms with van der Waals surface area (Å²) < 4.78 is 1.29. The lowest BCUT2D eigenvalue weighted by molar-refractivity contribution is -0.907. The summed E-state index contributed by atoms with van der Waals surface area (Å²) in [6.45, 7) is 8.69. The quantitative estimate of drug-likeness (QED) is 0.0709. The van der Waals surface area contributed by atoms with Crippen LogP contribution in [0.4, 0.5) is 0 Å². The van der Waals surface area contributed by atoms with E-state index in [1.165, 1.54) is 153 Å². The fraction of sp³-hybridized carbons (Fsp3) is 1.00. The zero-order valence-corrected chi connectivity index (χ0v) is 24.3. The van der Waals surface area contributed by atoms with Gasteiger partial charge in [-0.1, -0.05) is 133 Å². The minimum atomic E-state index is 0. The number of quaternary nitrogens is 1. The first-order valence-corrected chi connectivity index (χ1v) is 14.7. The Morgan fingerprint density at radius 1 is 0.433 bits per heavy atom. The first-order chi connectivity index (χ1) is 14.2. The maximum Gasteiger partial charge on any atom is 0.0883 e. The molecule has 0 aromatic heterocycles. The Labute approximate surface area is 211 Å². The Bertz CT molecular complexity index is 285. The number of rotatable bonds is 24. The summed E-state index contributed by atoms with van der Waals surface area (Å²) in [5.41, 5.74) is 0. The van der Waals surface area contributed by atoms with Crippen molar-refractivity contribution in [2.24, 2.45) is 0 Å². The molecule has 3 heteroatoms. The maximum atomic E-state index is 3.71. The van der Waals surface area contributed by atoms with Crippen molar-refractivity contribution in [2.75, 3.05) is 32.0 Å². The summed E-state index contributed by atoms with van der Waals surface area (Å²) in [7, 11) is 2.50.